The van der Waals surface area contributed by atoms with Gasteiger partial charge in [-0.05, 0) is 31.5 Å². The van der Waals surface area contributed by atoms with Crippen molar-refractivity contribution in [2.24, 2.45) is 0 Å². The van der Waals surface area contributed by atoms with Gasteiger partial charge in [0.15, 0.2) is 0 Å². The average Bonchev–Trinajstić information content (AvgIpc) is 2.47. The summed E-state index contributed by atoms with van der Waals surface area (Å²) >= 11 is 3.38. The lowest BCUT2D eigenvalue weighted by atomic mass is 10.1. The summed E-state index contributed by atoms with van der Waals surface area (Å²) in [5, 5.41) is 0.881. The number of halogens is 1. The van der Waals surface area contributed by atoms with Crippen molar-refractivity contribution in [3.05, 3.63) is 23.8 Å². The second-order valence-electron chi connectivity index (χ2n) is 3.99. The molecule has 106 valence electrons. The number of carbonyl (C=O) groups is 1. The van der Waals surface area contributed by atoms with Crippen molar-refractivity contribution < 1.29 is 14.3 Å². The molecule has 0 bridgehead atoms. The summed E-state index contributed by atoms with van der Waals surface area (Å²) in [4.78, 5) is 14.3. The zero-order chi connectivity index (χ0) is 14.3. The van der Waals surface area contributed by atoms with Gasteiger partial charge in [-0.25, -0.2) is 0 Å². The Morgan fingerprint density at radius 1 is 1.32 bits per heavy atom. The average molecular weight is 330 g/mol. The third-order valence-electron chi connectivity index (χ3n) is 2.87. The number of methoxy groups -OCH3 is 2. The summed E-state index contributed by atoms with van der Waals surface area (Å²) in [6.07, 6.45) is 0.922. The molecule has 1 aromatic carbocycles. The van der Waals surface area contributed by atoms with Gasteiger partial charge in [-0.1, -0.05) is 15.9 Å². The SMILES string of the molecule is CCN(CCCBr)C(=O)c1cc(OC)ccc1OC. The largest absolute Gasteiger partial charge is 0.497 e. The highest BCUT2D eigenvalue weighted by molar-refractivity contribution is 9.09. The van der Waals surface area contributed by atoms with Crippen molar-refractivity contribution in [2.75, 3.05) is 32.6 Å². The monoisotopic (exact) mass is 329 g/mol. The van der Waals surface area contributed by atoms with E-state index in [0.717, 1.165) is 18.3 Å². The van der Waals surface area contributed by atoms with Gasteiger partial charge in [-0.2, -0.15) is 0 Å². The highest BCUT2D eigenvalue weighted by Crippen LogP contribution is 2.25. The van der Waals surface area contributed by atoms with Crippen LogP contribution in [-0.2, 0) is 0 Å². The van der Waals surface area contributed by atoms with Crippen LogP contribution in [0.15, 0.2) is 18.2 Å². The number of hydrogen-bond donors (Lipinski definition) is 0. The van der Waals surface area contributed by atoms with Gasteiger partial charge in [-0.3, -0.25) is 4.79 Å². The first-order valence-electron chi connectivity index (χ1n) is 6.25. The Balaban J connectivity index is 3.01. The summed E-state index contributed by atoms with van der Waals surface area (Å²) in [5.41, 5.74) is 0.540. The molecule has 1 rings (SSSR count). The second kappa shape index (κ2) is 8.04. The molecule has 0 saturated carbocycles. The van der Waals surface area contributed by atoms with Crippen LogP contribution >= 0.6 is 15.9 Å². The maximum atomic E-state index is 12.5. The Labute approximate surface area is 122 Å². The molecule has 19 heavy (non-hydrogen) atoms. The molecule has 1 amide bonds. The highest BCUT2D eigenvalue weighted by atomic mass is 79.9. The number of alkyl halides is 1. The fourth-order valence-electron chi connectivity index (χ4n) is 1.81. The molecule has 0 aliphatic rings. The zero-order valence-corrected chi connectivity index (χ0v) is 13.2. The lowest BCUT2D eigenvalue weighted by Gasteiger charge is -2.21. The third kappa shape index (κ3) is 4.13. The van der Waals surface area contributed by atoms with Gasteiger partial charge in [0.1, 0.15) is 11.5 Å². The van der Waals surface area contributed by atoms with Crippen LogP contribution in [0.4, 0.5) is 0 Å². The van der Waals surface area contributed by atoms with Gasteiger partial charge in [0.2, 0.25) is 0 Å². The molecule has 0 fully saturated rings. The highest BCUT2D eigenvalue weighted by Gasteiger charge is 2.18. The van der Waals surface area contributed by atoms with Gasteiger partial charge in [0.25, 0.3) is 5.91 Å². The summed E-state index contributed by atoms with van der Waals surface area (Å²) in [7, 11) is 3.14. The van der Waals surface area contributed by atoms with E-state index in [0.29, 0.717) is 23.6 Å². The minimum Gasteiger partial charge on any atom is -0.497 e. The van der Waals surface area contributed by atoms with E-state index in [-0.39, 0.29) is 5.91 Å². The number of nitrogens with zero attached hydrogens (tertiary/aromatic N) is 1. The van der Waals surface area contributed by atoms with Crippen molar-refractivity contribution in [2.45, 2.75) is 13.3 Å². The zero-order valence-electron chi connectivity index (χ0n) is 11.6. The summed E-state index contributed by atoms with van der Waals surface area (Å²) in [5.74, 6) is 1.20. The number of benzene rings is 1. The molecule has 5 heteroatoms. The predicted octanol–water partition coefficient (Wildman–Crippen LogP) is 2.95. The van der Waals surface area contributed by atoms with E-state index in [2.05, 4.69) is 15.9 Å². The first-order chi connectivity index (χ1) is 9.17. The van der Waals surface area contributed by atoms with Gasteiger partial charge < -0.3 is 14.4 Å². The third-order valence-corrected chi connectivity index (χ3v) is 3.43. The topological polar surface area (TPSA) is 38.8 Å². The van der Waals surface area contributed by atoms with Crippen LogP contribution in [0, 0.1) is 0 Å². The molecule has 0 N–H and O–H groups in total. The van der Waals surface area contributed by atoms with Crippen molar-refractivity contribution in [3.63, 3.8) is 0 Å². The van der Waals surface area contributed by atoms with E-state index >= 15 is 0 Å². The van der Waals surface area contributed by atoms with Crippen LogP contribution in [0.25, 0.3) is 0 Å². The van der Waals surface area contributed by atoms with Crippen molar-refractivity contribution in [3.8, 4) is 11.5 Å². The maximum absolute atomic E-state index is 12.5. The Morgan fingerprint density at radius 2 is 2.05 bits per heavy atom. The van der Waals surface area contributed by atoms with Gasteiger partial charge >= 0.3 is 0 Å². The van der Waals surface area contributed by atoms with Crippen molar-refractivity contribution in [1.29, 1.82) is 0 Å². The first-order valence-corrected chi connectivity index (χ1v) is 7.37. The fourth-order valence-corrected chi connectivity index (χ4v) is 2.06. The van der Waals surface area contributed by atoms with E-state index in [9.17, 15) is 4.79 Å². The van der Waals surface area contributed by atoms with Crippen LogP contribution in [0.2, 0.25) is 0 Å². The van der Waals surface area contributed by atoms with E-state index in [1.807, 2.05) is 6.92 Å². The minimum atomic E-state index is -0.0285. The lowest BCUT2D eigenvalue weighted by molar-refractivity contribution is 0.0761. The van der Waals surface area contributed by atoms with Crippen LogP contribution in [0.1, 0.15) is 23.7 Å². The van der Waals surface area contributed by atoms with Gasteiger partial charge in [-0.15, -0.1) is 0 Å². The number of hydrogen-bond acceptors (Lipinski definition) is 3. The van der Waals surface area contributed by atoms with Crippen LogP contribution in [-0.4, -0.2) is 43.4 Å². The van der Waals surface area contributed by atoms with E-state index in [4.69, 9.17) is 9.47 Å². The Hall–Kier alpha value is -1.23. The molecule has 0 aromatic heterocycles. The molecule has 0 aliphatic heterocycles. The van der Waals surface area contributed by atoms with Crippen molar-refractivity contribution >= 4 is 21.8 Å². The molecule has 0 radical (unpaired) electrons. The van der Waals surface area contributed by atoms with Gasteiger partial charge in [0, 0.05) is 18.4 Å². The molecule has 4 nitrogen and oxygen atoms in total. The predicted molar refractivity (Wildman–Crippen MR) is 79.5 cm³/mol. The van der Waals surface area contributed by atoms with Gasteiger partial charge in [0.05, 0.1) is 19.8 Å². The molecular weight excluding hydrogens is 310 g/mol. The summed E-state index contributed by atoms with van der Waals surface area (Å²) < 4.78 is 10.4. The maximum Gasteiger partial charge on any atom is 0.257 e. The number of rotatable bonds is 7. The Morgan fingerprint density at radius 3 is 2.58 bits per heavy atom. The molecule has 0 atom stereocenters. The number of amides is 1. The Bertz CT molecular complexity index is 423. The quantitative estimate of drug-likeness (QED) is 0.722. The molecular formula is C14H20BrNO3. The molecule has 0 aliphatic carbocycles. The number of carbonyl (C=O) groups excluding carboxylic acids is 1. The summed E-state index contributed by atoms with van der Waals surface area (Å²) in [6.45, 7) is 3.37. The minimum absolute atomic E-state index is 0.0285. The molecule has 0 spiro atoms. The standard InChI is InChI=1S/C14H20BrNO3/c1-4-16(9-5-8-15)14(17)12-10-11(18-2)6-7-13(12)19-3/h6-7,10H,4-5,8-9H2,1-3H3. The molecule has 0 saturated heterocycles. The fraction of sp³-hybridized carbons (Fsp3) is 0.500. The first kappa shape index (κ1) is 15.8. The second-order valence-corrected chi connectivity index (χ2v) is 4.79. The normalized spacial score (nSPS) is 10.1. The smallest absolute Gasteiger partial charge is 0.257 e. The van der Waals surface area contributed by atoms with E-state index in [1.165, 1.54) is 0 Å². The molecule has 1 aromatic rings. The molecule has 0 unspecified atom stereocenters. The van der Waals surface area contributed by atoms with Crippen LogP contribution in [0.5, 0.6) is 11.5 Å². The molecule has 0 heterocycles. The van der Waals surface area contributed by atoms with Crippen molar-refractivity contribution in [1.82, 2.24) is 4.90 Å². The Kier molecular flexibility index (Phi) is 6.70. The van der Waals surface area contributed by atoms with Crippen LogP contribution < -0.4 is 9.47 Å². The lowest BCUT2D eigenvalue weighted by Crippen LogP contribution is -2.32. The summed E-state index contributed by atoms with van der Waals surface area (Å²) in [6, 6.07) is 5.26. The van der Waals surface area contributed by atoms with Crippen LogP contribution in [0.3, 0.4) is 0 Å². The van der Waals surface area contributed by atoms with E-state index < -0.39 is 0 Å². The number of ether oxygens (including phenoxy) is 2. The van der Waals surface area contributed by atoms with E-state index in [1.54, 1.807) is 37.3 Å².